The van der Waals surface area contributed by atoms with Crippen molar-refractivity contribution in [2.75, 3.05) is 13.1 Å². The van der Waals surface area contributed by atoms with Gasteiger partial charge < -0.3 is 5.32 Å². The van der Waals surface area contributed by atoms with Crippen LogP contribution in [0.1, 0.15) is 51.9 Å². The number of halogens is 1. The van der Waals surface area contributed by atoms with Gasteiger partial charge in [-0.05, 0) is 31.8 Å². The number of rotatable bonds is 6. The fourth-order valence-electron chi connectivity index (χ4n) is 2.00. The van der Waals surface area contributed by atoms with Crippen molar-refractivity contribution < 1.29 is 0 Å². The van der Waals surface area contributed by atoms with Crippen LogP contribution in [-0.2, 0) is 0 Å². The molecule has 1 nitrogen and oxygen atoms in total. The van der Waals surface area contributed by atoms with Crippen LogP contribution in [0.5, 0.6) is 0 Å². The topological polar surface area (TPSA) is 12.0 Å². The minimum Gasteiger partial charge on any atom is -0.316 e. The Hall–Kier alpha value is 0.250. The van der Waals surface area contributed by atoms with E-state index >= 15 is 0 Å². The van der Waals surface area contributed by atoms with Gasteiger partial charge in [0.25, 0.3) is 0 Å². The summed E-state index contributed by atoms with van der Waals surface area (Å²) in [6.07, 6.45) is 10.1. The van der Waals surface area contributed by atoms with Crippen LogP contribution in [0.4, 0.5) is 0 Å². The normalized spacial score (nSPS) is 21.5. The second kappa shape index (κ2) is 8.83. The highest BCUT2D eigenvalue weighted by Gasteiger charge is 2.12. The lowest BCUT2D eigenvalue weighted by atomic mass is 10.00. The highest BCUT2D eigenvalue weighted by Crippen LogP contribution is 2.16. The molecule has 1 rings (SSSR count). The zero-order valence-corrected chi connectivity index (χ0v) is 9.67. The van der Waals surface area contributed by atoms with E-state index in [0.29, 0.717) is 0 Å². The minimum absolute atomic E-state index is 0. The SMILES string of the molecule is CCCCCCCC1CCNC1.Cl. The molecule has 1 aliphatic rings. The van der Waals surface area contributed by atoms with Gasteiger partial charge in [-0.2, -0.15) is 0 Å². The second-order valence-corrected chi connectivity index (χ2v) is 4.06. The fraction of sp³-hybridized carbons (Fsp3) is 1.00. The van der Waals surface area contributed by atoms with Crippen molar-refractivity contribution in [3.05, 3.63) is 0 Å². The van der Waals surface area contributed by atoms with Crippen LogP contribution < -0.4 is 5.32 Å². The number of unbranched alkanes of at least 4 members (excludes halogenated alkanes) is 4. The molecule has 0 saturated carbocycles. The van der Waals surface area contributed by atoms with E-state index in [9.17, 15) is 0 Å². The summed E-state index contributed by atoms with van der Waals surface area (Å²) in [5.74, 6) is 1.01. The Kier molecular flexibility index (Phi) is 9.00. The Balaban J connectivity index is 0.00000144. The van der Waals surface area contributed by atoms with E-state index in [2.05, 4.69) is 12.2 Å². The Morgan fingerprint density at radius 2 is 1.92 bits per heavy atom. The van der Waals surface area contributed by atoms with Crippen molar-refractivity contribution in [3.8, 4) is 0 Å². The molecule has 80 valence electrons. The predicted molar refractivity (Wildman–Crippen MR) is 61.6 cm³/mol. The molecule has 0 aromatic heterocycles. The largest absolute Gasteiger partial charge is 0.316 e. The Bertz CT molecular complexity index is 100. The van der Waals surface area contributed by atoms with Crippen molar-refractivity contribution in [1.29, 1.82) is 0 Å². The van der Waals surface area contributed by atoms with Gasteiger partial charge in [0.05, 0.1) is 0 Å². The summed E-state index contributed by atoms with van der Waals surface area (Å²) in [6, 6.07) is 0. The molecule has 0 spiro atoms. The van der Waals surface area contributed by atoms with Gasteiger partial charge in [0, 0.05) is 0 Å². The third-order valence-electron chi connectivity index (χ3n) is 2.88. The van der Waals surface area contributed by atoms with E-state index in [-0.39, 0.29) is 12.4 Å². The van der Waals surface area contributed by atoms with E-state index in [4.69, 9.17) is 0 Å². The van der Waals surface area contributed by atoms with Gasteiger partial charge in [-0.1, -0.05) is 39.0 Å². The van der Waals surface area contributed by atoms with Gasteiger partial charge in [-0.25, -0.2) is 0 Å². The van der Waals surface area contributed by atoms with Gasteiger partial charge in [0.15, 0.2) is 0 Å². The summed E-state index contributed by atoms with van der Waals surface area (Å²) in [6.45, 7) is 4.83. The molecule has 0 aromatic carbocycles. The molecule has 13 heavy (non-hydrogen) atoms. The van der Waals surface area contributed by atoms with Crippen LogP contribution >= 0.6 is 12.4 Å². The standard InChI is InChI=1S/C11H23N.ClH/c1-2-3-4-5-6-7-11-8-9-12-10-11;/h11-12H,2-10H2,1H3;1H. The van der Waals surface area contributed by atoms with Crippen LogP contribution in [0.2, 0.25) is 0 Å². The van der Waals surface area contributed by atoms with E-state index in [1.165, 1.54) is 58.0 Å². The van der Waals surface area contributed by atoms with Crippen LogP contribution in [0.3, 0.4) is 0 Å². The lowest BCUT2D eigenvalue weighted by Gasteiger charge is -2.06. The van der Waals surface area contributed by atoms with Crippen molar-refractivity contribution in [2.45, 2.75) is 51.9 Å². The van der Waals surface area contributed by atoms with Gasteiger partial charge in [0.2, 0.25) is 0 Å². The Morgan fingerprint density at radius 3 is 2.54 bits per heavy atom. The van der Waals surface area contributed by atoms with Gasteiger partial charge >= 0.3 is 0 Å². The molecule has 1 saturated heterocycles. The maximum Gasteiger partial charge on any atom is -0.00200 e. The van der Waals surface area contributed by atoms with Gasteiger partial charge in [-0.3, -0.25) is 0 Å². The number of nitrogens with one attached hydrogen (secondary N) is 1. The average molecular weight is 206 g/mol. The van der Waals surface area contributed by atoms with Crippen LogP contribution in [0.25, 0.3) is 0 Å². The fourth-order valence-corrected chi connectivity index (χ4v) is 2.00. The summed E-state index contributed by atoms with van der Waals surface area (Å²) >= 11 is 0. The molecule has 1 N–H and O–H groups in total. The van der Waals surface area contributed by atoms with E-state index in [0.717, 1.165) is 5.92 Å². The highest BCUT2D eigenvalue weighted by molar-refractivity contribution is 5.85. The molecule has 1 aliphatic heterocycles. The van der Waals surface area contributed by atoms with E-state index in [1.54, 1.807) is 0 Å². The first-order valence-electron chi connectivity index (χ1n) is 5.64. The molecule has 1 unspecified atom stereocenters. The molecule has 1 heterocycles. The number of hydrogen-bond donors (Lipinski definition) is 1. The van der Waals surface area contributed by atoms with Crippen molar-refractivity contribution in [2.24, 2.45) is 5.92 Å². The van der Waals surface area contributed by atoms with Crippen molar-refractivity contribution in [1.82, 2.24) is 5.32 Å². The summed E-state index contributed by atoms with van der Waals surface area (Å²) in [7, 11) is 0. The van der Waals surface area contributed by atoms with Gasteiger partial charge in [0.1, 0.15) is 0 Å². The van der Waals surface area contributed by atoms with Gasteiger partial charge in [-0.15, -0.1) is 12.4 Å². The third kappa shape index (κ3) is 6.34. The smallest absolute Gasteiger partial charge is 0.00200 e. The van der Waals surface area contributed by atoms with Crippen molar-refractivity contribution >= 4 is 12.4 Å². The Labute approximate surface area is 89.1 Å². The molecular weight excluding hydrogens is 182 g/mol. The molecule has 1 fully saturated rings. The summed E-state index contributed by atoms with van der Waals surface area (Å²) in [5, 5.41) is 3.42. The third-order valence-corrected chi connectivity index (χ3v) is 2.88. The lowest BCUT2D eigenvalue weighted by Crippen LogP contribution is -2.08. The summed E-state index contributed by atoms with van der Waals surface area (Å²) in [5.41, 5.74) is 0. The maximum atomic E-state index is 3.42. The molecule has 1 atom stereocenters. The van der Waals surface area contributed by atoms with E-state index in [1.807, 2.05) is 0 Å². The first-order valence-corrected chi connectivity index (χ1v) is 5.64. The molecule has 0 bridgehead atoms. The Morgan fingerprint density at radius 1 is 1.15 bits per heavy atom. The van der Waals surface area contributed by atoms with Crippen LogP contribution in [-0.4, -0.2) is 13.1 Å². The highest BCUT2D eigenvalue weighted by atomic mass is 35.5. The van der Waals surface area contributed by atoms with Crippen molar-refractivity contribution in [3.63, 3.8) is 0 Å². The van der Waals surface area contributed by atoms with E-state index < -0.39 is 0 Å². The predicted octanol–water partition coefficient (Wildman–Crippen LogP) is 3.38. The molecule has 2 heteroatoms. The summed E-state index contributed by atoms with van der Waals surface area (Å²) in [4.78, 5) is 0. The average Bonchev–Trinajstić information content (AvgIpc) is 2.57. The quantitative estimate of drug-likeness (QED) is 0.656. The monoisotopic (exact) mass is 205 g/mol. The first-order chi connectivity index (χ1) is 5.93. The zero-order chi connectivity index (χ0) is 8.65. The first kappa shape index (κ1) is 13.2. The van der Waals surface area contributed by atoms with Crippen LogP contribution in [0, 0.1) is 5.92 Å². The molecule has 0 aliphatic carbocycles. The second-order valence-electron chi connectivity index (χ2n) is 4.06. The lowest BCUT2D eigenvalue weighted by molar-refractivity contribution is 0.485. The number of hydrogen-bond acceptors (Lipinski definition) is 1. The molecule has 0 aromatic rings. The molecule has 0 amide bonds. The summed E-state index contributed by atoms with van der Waals surface area (Å²) < 4.78 is 0. The molecule has 0 radical (unpaired) electrons. The zero-order valence-electron chi connectivity index (χ0n) is 8.85. The molecular formula is C11H24ClN. The maximum absolute atomic E-state index is 3.42. The van der Waals surface area contributed by atoms with Crippen LogP contribution in [0.15, 0.2) is 0 Å². The minimum atomic E-state index is 0.